The number of rotatable bonds is 8. The first-order valence-electron chi connectivity index (χ1n) is 8.23. The van der Waals surface area contributed by atoms with Gasteiger partial charge in [-0.15, -0.1) is 10.2 Å². The number of halogens is 1. The highest BCUT2D eigenvalue weighted by Gasteiger charge is 2.14. The molecule has 0 aliphatic rings. The third kappa shape index (κ3) is 4.35. The zero-order valence-electron chi connectivity index (χ0n) is 14.7. The van der Waals surface area contributed by atoms with Crippen molar-refractivity contribution in [1.29, 1.82) is 0 Å². The molecule has 0 fully saturated rings. The van der Waals surface area contributed by atoms with Gasteiger partial charge in [-0.05, 0) is 42.8 Å². The van der Waals surface area contributed by atoms with Gasteiger partial charge in [-0.2, -0.15) is 0 Å². The number of thioether (sulfide) groups is 1. The minimum atomic E-state index is -0.263. The van der Waals surface area contributed by atoms with Crippen molar-refractivity contribution in [2.24, 2.45) is 7.05 Å². The summed E-state index contributed by atoms with van der Waals surface area (Å²) in [5.41, 5.74) is 0.913. The van der Waals surface area contributed by atoms with Crippen LogP contribution in [-0.4, -0.2) is 34.2 Å². The lowest BCUT2D eigenvalue weighted by Gasteiger charge is -2.08. The predicted molar refractivity (Wildman–Crippen MR) is 100 cm³/mol. The van der Waals surface area contributed by atoms with Gasteiger partial charge in [0.05, 0.1) is 19.3 Å². The second kappa shape index (κ2) is 8.71. The zero-order chi connectivity index (χ0) is 18.4. The van der Waals surface area contributed by atoms with Crippen LogP contribution in [0, 0.1) is 5.82 Å². The highest BCUT2D eigenvalue weighted by molar-refractivity contribution is 7.99. The largest absolute Gasteiger partial charge is 0.496 e. The van der Waals surface area contributed by atoms with Crippen molar-refractivity contribution >= 4 is 11.8 Å². The van der Waals surface area contributed by atoms with E-state index in [-0.39, 0.29) is 5.82 Å². The van der Waals surface area contributed by atoms with E-state index in [0.29, 0.717) is 12.4 Å². The fraction of sp³-hybridized carbons (Fsp3) is 0.263. The van der Waals surface area contributed by atoms with Gasteiger partial charge in [0.2, 0.25) is 0 Å². The molecule has 7 heteroatoms. The monoisotopic (exact) mass is 373 g/mol. The molecular formula is C19H20FN3O2S. The molecular weight excluding hydrogens is 353 g/mol. The van der Waals surface area contributed by atoms with Crippen molar-refractivity contribution in [3.05, 3.63) is 54.3 Å². The molecule has 0 unspecified atom stereocenters. The van der Waals surface area contributed by atoms with Crippen LogP contribution in [0.25, 0.3) is 11.4 Å². The number of para-hydroxylation sites is 1. The van der Waals surface area contributed by atoms with Crippen molar-refractivity contribution in [3.63, 3.8) is 0 Å². The Balaban J connectivity index is 1.53. The van der Waals surface area contributed by atoms with E-state index >= 15 is 0 Å². The Morgan fingerprint density at radius 2 is 1.85 bits per heavy atom. The van der Waals surface area contributed by atoms with Gasteiger partial charge in [0.15, 0.2) is 11.0 Å². The Labute approximate surface area is 156 Å². The van der Waals surface area contributed by atoms with Crippen molar-refractivity contribution in [2.45, 2.75) is 11.6 Å². The van der Waals surface area contributed by atoms with E-state index in [1.807, 2.05) is 35.9 Å². The van der Waals surface area contributed by atoms with Crippen molar-refractivity contribution in [3.8, 4) is 22.9 Å². The highest BCUT2D eigenvalue weighted by atomic mass is 32.2. The van der Waals surface area contributed by atoms with Crippen molar-refractivity contribution in [2.75, 3.05) is 19.5 Å². The van der Waals surface area contributed by atoms with Crippen LogP contribution < -0.4 is 9.47 Å². The summed E-state index contributed by atoms with van der Waals surface area (Å²) in [5.74, 6) is 2.80. The molecule has 136 valence electrons. The summed E-state index contributed by atoms with van der Waals surface area (Å²) in [4.78, 5) is 0. The van der Waals surface area contributed by atoms with Gasteiger partial charge in [0.25, 0.3) is 0 Å². The quantitative estimate of drug-likeness (QED) is 0.438. The lowest BCUT2D eigenvalue weighted by Crippen LogP contribution is -2.00. The third-order valence-corrected chi connectivity index (χ3v) is 4.89. The number of hydrogen-bond acceptors (Lipinski definition) is 5. The summed E-state index contributed by atoms with van der Waals surface area (Å²) >= 11 is 1.62. The zero-order valence-corrected chi connectivity index (χ0v) is 15.5. The van der Waals surface area contributed by atoms with Gasteiger partial charge >= 0.3 is 0 Å². The Kier molecular flexibility index (Phi) is 6.12. The first-order valence-corrected chi connectivity index (χ1v) is 9.21. The van der Waals surface area contributed by atoms with Gasteiger partial charge in [-0.3, -0.25) is 0 Å². The number of aromatic nitrogens is 3. The van der Waals surface area contributed by atoms with Crippen LogP contribution in [-0.2, 0) is 7.05 Å². The Bertz CT molecular complexity index is 852. The van der Waals surface area contributed by atoms with Crippen LogP contribution in [0.4, 0.5) is 4.39 Å². The first kappa shape index (κ1) is 18.3. The first-order chi connectivity index (χ1) is 12.7. The summed E-state index contributed by atoms with van der Waals surface area (Å²) in [7, 11) is 3.59. The van der Waals surface area contributed by atoms with Crippen LogP contribution in [0.1, 0.15) is 6.42 Å². The number of benzene rings is 2. The number of ether oxygens (including phenoxy) is 2. The van der Waals surface area contributed by atoms with Crippen LogP contribution in [0.2, 0.25) is 0 Å². The van der Waals surface area contributed by atoms with E-state index in [2.05, 4.69) is 10.2 Å². The molecule has 3 rings (SSSR count). The molecule has 0 radical (unpaired) electrons. The minimum absolute atomic E-state index is 0.263. The molecule has 0 atom stereocenters. The molecule has 26 heavy (non-hydrogen) atoms. The average Bonchev–Trinajstić information content (AvgIpc) is 3.03. The van der Waals surface area contributed by atoms with E-state index in [1.54, 1.807) is 31.0 Å². The van der Waals surface area contributed by atoms with E-state index in [1.165, 1.54) is 12.1 Å². The van der Waals surface area contributed by atoms with E-state index < -0.39 is 0 Å². The number of methoxy groups -OCH3 is 1. The molecule has 0 saturated heterocycles. The van der Waals surface area contributed by atoms with Crippen molar-refractivity contribution < 1.29 is 13.9 Å². The smallest absolute Gasteiger partial charge is 0.191 e. The van der Waals surface area contributed by atoms with E-state index in [9.17, 15) is 4.39 Å². The fourth-order valence-electron chi connectivity index (χ4n) is 2.45. The molecule has 0 N–H and O–H groups in total. The van der Waals surface area contributed by atoms with Gasteiger partial charge < -0.3 is 14.0 Å². The van der Waals surface area contributed by atoms with Crippen molar-refractivity contribution in [1.82, 2.24) is 14.8 Å². The second-order valence-corrected chi connectivity index (χ2v) is 6.63. The van der Waals surface area contributed by atoms with Gasteiger partial charge in [-0.1, -0.05) is 23.9 Å². The Hall–Kier alpha value is -2.54. The van der Waals surface area contributed by atoms with Gasteiger partial charge in [0.1, 0.15) is 17.3 Å². The Morgan fingerprint density at radius 3 is 2.62 bits per heavy atom. The molecule has 0 spiro atoms. The van der Waals surface area contributed by atoms with Crippen LogP contribution in [0.3, 0.4) is 0 Å². The molecule has 2 aromatic carbocycles. The summed E-state index contributed by atoms with van der Waals surface area (Å²) in [6.07, 6.45) is 0.846. The molecule has 0 amide bonds. The average molecular weight is 373 g/mol. The van der Waals surface area contributed by atoms with E-state index in [0.717, 1.165) is 34.5 Å². The van der Waals surface area contributed by atoms with Crippen LogP contribution in [0.15, 0.2) is 53.7 Å². The molecule has 5 nitrogen and oxygen atoms in total. The maximum absolute atomic E-state index is 12.8. The van der Waals surface area contributed by atoms with Gasteiger partial charge in [-0.25, -0.2) is 4.39 Å². The SMILES string of the molecule is COc1ccccc1-c1nnc(SCCCOc2ccc(F)cc2)n1C. The molecule has 0 aliphatic carbocycles. The molecule has 1 aromatic heterocycles. The molecule has 0 saturated carbocycles. The molecule has 3 aromatic rings. The standard InChI is InChI=1S/C19H20FN3O2S/c1-23-18(16-6-3-4-7-17(16)24-2)21-22-19(23)26-13-5-12-25-15-10-8-14(20)9-11-15/h3-4,6-11H,5,12-13H2,1-2H3. The maximum atomic E-state index is 12.8. The fourth-order valence-corrected chi connectivity index (χ4v) is 3.27. The number of hydrogen-bond donors (Lipinski definition) is 0. The molecule has 0 bridgehead atoms. The topological polar surface area (TPSA) is 49.2 Å². The normalized spacial score (nSPS) is 10.7. The lowest BCUT2D eigenvalue weighted by molar-refractivity contribution is 0.318. The Morgan fingerprint density at radius 1 is 1.08 bits per heavy atom. The maximum Gasteiger partial charge on any atom is 0.191 e. The third-order valence-electron chi connectivity index (χ3n) is 3.78. The number of nitrogens with zero attached hydrogens (tertiary/aromatic N) is 3. The summed E-state index contributed by atoms with van der Waals surface area (Å²) in [6, 6.07) is 13.8. The highest BCUT2D eigenvalue weighted by Crippen LogP contribution is 2.30. The van der Waals surface area contributed by atoms with Gasteiger partial charge in [0, 0.05) is 12.8 Å². The summed E-state index contributed by atoms with van der Waals surface area (Å²) in [5, 5.41) is 9.41. The predicted octanol–water partition coefficient (Wildman–Crippen LogP) is 4.19. The minimum Gasteiger partial charge on any atom is -0.496 e. The summed E-state index contributed by atoms with van der Waals surface area (Å²) < 4.78 is 25.8. The second-order valence-electron chi connectivity index (χ2n) is 5.57. The lowest BCUT2D eigenvalue weighted by atomic mass is 10.2. The molecule has 1 heterocycles. The van der Waals surface area contributed by atoms with Crippen LogP contribution >= 0.6 is 11.8 Å². The molecule has 0 aliphatic heterocycles. The van der Waals surface area contributed by atoms with Crippen LogP contribution in [0.5, 0.6) is 11.5 Å². The summed E-state index contributed by atoms with van der Waals surface area (Å²) in [6.45, 7) is 0.565. The van der Waals surface area contributed by atoms with E-state index in [4.69, 9.17) is 9.47 Å².